The normalized spacial score (nSPS) is 21.5. The van der Waals surface area contributed by atoms with Gasteiger partial charge in [-0.05, 0) is 51.4 Å². The van der Waals surface area contributed by atoms with Crippen molar-refractivity contribution in [2.45, 2.75) is 63.7 Å². The molecule has 120 valence electrons. The van der Waals surface area contributed by atoms with Crippen molar-refractivity contribution in [2.24, 2.45) is 5.73 Å². The maximum absolute atomic E-state index is 11.7. The summed E-state index contributed by atoms with van der Waals surface area (Å²) in [5.74, 6) is 0. The number of allylic oxidation sites excluding steroid dienone is 2. The van der Waals surface area contributed by atoms with Crippen molar-refractivity contribution in [3.05, 3.63) is 12.2 Å². The Morgan fingerprint density at radius 1 is 1.33 bits per heavy atom. The Morgan fingerprint density at radius 3 is 2.95 bits per heavy atom. The van der Waals surface area contributed by atoms with Crippen molar-refractivity contribution in [3.63, 3.8) is 0 Å². The lowest BCUT2D eigenvalue weighted by molar-refractivity contribution is -0.133. The minimum Gasteiger partial charge on any atom is -0.449 e. The number of hydrogen-bond acceptors (Lipinski definition) is 5. The third-order valence-electron chi connectivity index (χ3n) is 3.41. The first-order chi connectivity index (χ1) is 10.2. The van der Waals surface area contributed by atoms with Gasteiger partial charge in [-0.1, -0.05) is 12.2 Å². The fourth-order valence-corrected chi connectivity index (χ4v) is 2.24. The van der Waals surface area contributed by atoms with E-state index in [9.17, 15) is 9.59 Å². The molecule has 0 aliphatic heterocycles. The van der Waals surface area contributed by atoms with Gasteiger partial charge in [0.15, 0.2) is 6.23 Å². The molecule has 0 heterocycles. The van der Waals surface area contributed by atoms with Crippen LogP contribution in [0.2, 0.25) is 0 Å². The Labute approximate surface area is 126 Å². The van der Waals surface area contributed by atoms with E-state index in [0.29, 0.717) is 19.4 Å². The molecule has 2 atom stereocenters. The van der Waals surface area contributed by atoms with Crippen LogP contribution in [0.25, 0.3) is 0 Å². The summed E-state index contributed by atoms with van der Waals surface area (Å²) < 4.78 is 9.99. The van der Waals surface area contributed by atoms with Gasteiger partial charge in [0.1, 0.15) is 6.10 Å². The highest BCUT2D eigenvalue weighted by molar-refractivity contribution is 5.67. The summed E-state index contributed by atoms with van der Waals surface area (Å²) in [6.45, 7) is 0.893. The lowest BCUT2D eigenvalue weighted by Gasteiger charge is -2.18. The summed E-state index contributed by atoms with van der Waals surface area (Å²) in [7, 11) is 0. The number of ether oxygens (including phenoxy) is 2. The number of amides is 1. The number of alkyl carbamates (subject to hydrolysis) is 1. The van der Waals surface area contributed by atoms with Crippen molar-refractivity contribution in [1.29, 1.82) is 0 Å². The van der Waals surface area contributed by atoms with Crippen LogP contribution in [0.5, 0.6) is 0 Å². The average Bonchev–Trinajstić information content (AvgIpc) is 2.41. The van der Waals surface area contributed by atoms with Gasteiger partial charge in [0.2, 0.25) is 0 Å². The third-order valence-corrected chi connectivity index (χ3v) is 3.41. The van der Waals surface area contributed by atoms with Crippen LogP contribution in [-0.4, -0.2) is 31.4 Å². The second kappa shape index (κ2) is 11.1. The van der Waals surface area contributed by atoms with Gasteiger partial charge in [0, 0.05) is 6.54 Å². The number of carbonyl (C=O) groups is 2. The van der Waals surface area contributed by atoms with E-state index in [1.54, 1.807) is 0 Å². The smallest absolute Gasteiger partial charge is 0.407 e. The van der Waals surface area contributed by atoms with Gasteiger partial charge < -0.3 is 14.8 Å². The molecule has 0 radical (unpaired) electrons. The number of carbonyl (C=O) groups excluding carboxylic acids is 2. The first-order valence-electron chi connectivity index (χ1n) is 7.66. The predicted octanol–water partition coefficient (Wildman–Crippen LogP) is 2.23. The number of unbranched alkanes of at least 4 members (excludes halogenated alkanes) is 1. The zero-order valence-corrected chi connectivity index (χ0v) is 12.5. The molecule has 6 nitrogen and oxygen atoms in total. The summed E-state index contributed by atoms with van der Waals surface area (Å²) in [6, 6.07) is 0. The Kier molecular flexibility index (Phi) is 9.28. The van der Waals surface area contributed by atoms with E-state index < -0.39 is 6.23 Å². The monoisotopic (exact) mass is 298 g/mol. The van der Waals surface area contributed by atoms with E-state index in [-0.39, 0.29) is 12.2 Å². The number of nitrogens with one attached hydrogen (secondary N) is 1. The van der Waals surface area contributed by atoms with Gasteiger partial charge in [-0.25, -0.2) is 4.79 Å². The second-order valence-electron chi connectivity index (χ2n) is 5.20. The molecule has 0 aromatic rings. The van der Waals surface area contributed by atoms with Crippen molar-refractivity contribution >= 4 is 12.6 Å². The molecule has 3 N–H and O–H groups in total. The van der Waals surface area contributed by atoms with Crippen LogP contribution in [0.1, 0.15) is 51.4 Å². The number of nitrogens with two attached hydrogens (primary N) is 1. The quantitative estimate of drug-likeness (QED) is 0.310. The zero-order valence-electron chi connectivity index (χ0n) is 12.5. The minimum absolute atomic E-state index is 0.0179. The summed E-state index contributed by atoms with van der Waals surface area (Å²) in [5.41, 5.74) is 5.51. The van der Waals surface area contributed by atoms with Crippen LogP contribution in [0, 0.1) is 0 Å². The van der Waals surface area contributed by atoms with Gasteiger partial charge >= 0.3 is 6.09 Å². The number of hydrogen-bond donors (Lipinski definition) is 2. The Balaban J connectivity index is 2.05. The van der Waals surface area contributed by atoms with E-state index in [2.05, 4.69) is 22.2 Å². The Hall–Kier alpha value is -1.56. The topological polar surface area (TPSA) is 90.7 Å². The van der Waals surface area contributed by atoms with Gasteiger partial charge in [0.25, 0.3) is 6.47 Å². The third kappa shape index (κ3) is 9.07. The SMILES string of the molecule is N[C@@H](CCCCNC(=O)OC1CC/C=C/CCC1)OC=O. The zero-order chi connectivity index (χ0) is 15.3. The van der Waals surface area contributed by atoms with Crippen molar-refractivity contribution < 1.29 is 19.1 Å². The molecule has 0 aromatic heterocycles. The van der Waals surface area contributed by atoms with Crippen LogP contribution < -0.4 is 11.1 Å². The first kappa shape index (κ1) is 17.5. The fraction of sp³-hybridized carbons (Fsp3) is 0.733. The van der Waals surface area contributed by atoms with Gasteiger partial charge in [-0.2, -0.15) is 0 Å². The molecular formula is C15H26N2O4. The lowest BCUT2D eigenvalue weighted by Crippen LogP contribution is -2.30. The molecule has 0 saturated heterocycles. The highest BCUT2D eigenvalue weighted by Crippen LogP contribution is 2.15. The second-order valence-corrected chi connectivity index (χ2v) is 5.20. The molecular weight excluding hydrogens is 272 g/mol. The molecule has 1 aliphatic rings. The highest BCUT2D eigenvalue weighted by atomic mass is 16.6. The van der Waals surface area contributed by atoms with Gasteiger partial charge in [-0.15, -0.1) is 0 Å². The molecule has 1 rings (SSSR count). The van der Waals surface area contributed by atoms with Crippen LogP contribution in [0.4, 0.5) is 4.79 Å². The molecule has 0 bridgehead atoms. The summed E-state index contributed by atoms with van der Waals surface area (Å²) in [4.78, 5) is 21.7. The molecule has 1 unspecified atom stereocenters. The summed E-state index contributed by atoms with van der Waals surface area (Å²) in [6.07, 6.45) is 10.5. The molecule has 1 aliphatic carbocycles. The minimum atomic E-state index is -0.558. The maximum atomic E-state index is 11.7. The molecule has 0 fully saturated rings. The highest BCUT2D eigenvalue weighted by Gasteiger charge is 2.14. The molecule has 1 amide bonds. The van der Waals surface area contributed by atoms with E-state index >= 15 is 0 Å². The van der Waals surface area contributed by atoms with E-state index in [1.165, 1.54) is 0 Å². The fourth-order valence-electron chi connectivity index (χ4n) is 2.24. The Morgan fingerprint density at radius 2 is 2.14 bits per heavy atom. The van der Waals surface area contributed by atoms with Crippen LogP contribution >= 0.6 is 0 Å². The molecule has 6 heteroatoms. The van der Waals surface area contributed by atoms with Gasteiger partial charge in [0.05, 0.1) is 0 Å². The average molecular weight is 298 g/mol. The lowest BCUT2D eigenvalue weighted by atomic mass is 10.0. The summed E-state index contributed by atoms with van der Waals surface area (Å²) >= 11 is 0. The molecule has 0 saturated carbocycles. The van der Waals surface area contributed by atoms with Gasteiger partial charge in [-0.3, -0.25) is 10.5 Å². The van der Waals surface area contributed by atoms with Crippen LogP contribution in [0.15, 0.2) is 12.2 Å². The van der Waals surface area contributed by atoms with Crippen LogP contribution in [0.3, 0.4) is 0 Å². The van der Waals surface area contributed by atoms with Crippen LogP contribution in [-0.2, 0) is 14.3 Å². The summed E-state index contributed by atoms with van der Waals surface area (Å²) in [5, 5.41) is 2.74. The Bertz CT molecular complexity index is 334. The molecule has 21 heavy (non-hydrogen) atoms. The van der Waals surface area contributed by atoms with Crippen molar-refractivity contribution in [1.82, 2.24) is 5.32 Å². The standard InChI is InChI=1S/C15H26N2O4/c16-14(20-12-18)10-6-7-11-17-15(19)21-13-8-4-2-1-3-5-9-13/h1-2,12-14H,3-11,16H2,(H,17,19)/b2-1+/t13?,14-/m1/s1. The van der Waals surface area contributed by atoms with E-state index in [4.69, 9.17) is 10.5 Å². The molecule has 0 spiro atoms. The van der Waals surface area contributed by atoms with E-state index in [1.807, 2.05) is 0 Å². The maximum Gasteiger partial charge on any atom is 0.407 e. The van der Waals surface area contributed by atoms with Crippen molar-refractivity contribution in [3.8, 4) is 0 Å². The number of rotatable bonds is 8. The predicted molar refractivity (Wildman–Crippen MR) is 79.5 cm³/mol. The molecule has 0 aromatic carbocycles. The first-order valence-corrected chi connectivity index (χ1v) is 7.66. The largest absolute Gasteiger partial charge is 0.449 e. The van der Waals surface area contributed by atoms with Crippen molar-refractivity contribution in [2.75, 3.05) is 6.54 Å². The van der Waals surface area contributed by atoms with E-state index in [0.717, 1.165) is 44.9 Å².